The number of hydrogen-bond donors (Lipinski definition) is 1. The number of benzene rings is 2. The third kappa shape index (κ3) is 1.53. The normalized spacial score (nSPS) is 17.8. The smallest absolute Gasteiger partial charge is 0.0458 e. The fourth-order valence-electron chi connectivity index (χ4n) is 3.40. The average Bonchev–Trinajstić information content (AvgIpc) is 2.77. The molecule has 18 heavy (non-hydrogen) atoms. The van der Waals surface area contributed by atoms with E-state index in [1.165, 1.54) is 34.9 Å². The van der Waals surface area contributed by atoms with Crippen LogP contribution in [0.5, 0.6) is 0 Å². The van der Waals surface area contributed by atoms with E-state index in [0.717, 1.165) is 6.54 Å². The molecule has 94 valence electrons. The van der Waals surface area contributed by atoms with E-state index < -0.39 is 0 Å². The van der Waals surface area contributed by atoms with Crippen LogP contribution in [0.1, 0.15) is 42.9 Å². The van der Waals surface area contributed by atoms with Gasteiger partial charge in [-0.3, -0.25) is 0 Å². The summed E-state index contributed by atoms with van der Waals surface area (Å²) in [6.45, 7) is 7.98. The van der Waals surface area contributed by atoms with Gasteiger partial charge in [0.15, 0.2) is 0 Å². The van der Waals surface area contributed by atoms with Crippen LogP contribution in [0, 0.1) is 6.92 Å². The Bertz CT molecular complexity index is 598. The van der Waals surface area contributed by atoms with E-state index in [0.29, 0.717) is 5.92 Å². The molecule has 1 N–H and O–H groups in total. The molecule has 0 unspecified atom stereocenters. The summed E-state index contributed by atoms with van der Waals surface area (Å²) in [6.07, 6.45) is 2.40. The second-order valence-electron chi connectivity index (χ2n) is 5.47. The summed E-state index contributed by atoms with van der Waals surface area (Å²) in [5.41, 5.74) is 6.01. The zero-order valence-electron chi connectivity index (χ0n) is 11.5. The highest BCUT2D eigenvalue weighted by atomic mass is 14.9. The van der Waals surface area contributed by atoms with Crippen LogP contribution in [0.25, 0.3) is 10.8 Å². The lowest BCUT2D eigenvalue weighted by Crippen LogP contribution is -1.99. The van der Waals surface area contributed by atoms with Crippen LogP contribution in [0.2, 0.25) is 0 Å². The molecule has 1 nitrogen and oxygen atoms in total. The lowest BCUT2D eigenvalue weighted by atomic mass is 9.88. The third-order valence-corrected chi connectivity index (χ3v) is 4.23. The lowest BCUT2D eigenvalue weighted by Gasteiger charge is -2.17. The van der Waals surface area contributed by atoms with Crippen molar-refractivity contribution >= 4 is 16.5 Å². The topological polar surface area (TPSA) is 12.0 Å². The highest BCUT2D eigenvalue weighted by Crippen LogP contribution is 2.42. The summed E-state index contributed by atoms with van der Waals surface area (Å²) in [5.74, 6) is 0.639. The van der Waals surface area contributed by atoms with E-state index in [-0.39, 0.29) is 0 Å². The summed E-state index contributed by atoms with van der Waals surface area (Å²) in [4.78, 5) is 0. The van der Waals surface area contributed by atoms with E-state index in [4.69, 9.17) is 0 Å². The molecule has 1 aliphatic rings. The van der Waals surface area contributed by atoms with Gasteiger partial charge in [0.1, 0.15) is 0 Å². The summed E-state index contributed by atoms with van der Waals surface area (Å²) in [5, 5.41) is 6.45. The summed E-state index contributed by atoms with van der Waals surface area (Å²) >= 11 is 0. The molecule has 0 fully saturated rings. The van der Waals surface area contributed by atoms with Crippen molar-refractivity contribution in [3.8, 4) is 0 Å². The highest BCUT2D eigenvalue weighted by Gasteiger charge is 2.24. The Kier molecular flexibility index (Phi) is 2.77. The van der Waals surface area contributed by atoms with Gasteiger partial charge in [-0.25, -0.2) is 0 Å². The van der Waals surface area contributed by atoms with Gasteiger partial charge < -0.3 is 5.32 Å². The Hall–Kier alpha value is -1.50. The standard InChI is InChI=1S/C17H21N/c1-4-7-13-12(3)16-11(2)10-18-17(16)15-9-6-5-8-14(13)15/h5-6,8-9,11,18H,4,7,10H2,1-3H3/t11-/m1/s1. The SMILES string of the molecule is CCCc1c(C)c2c(c3ccccc13)NC[C@H]2C. The molecule has 0 radical (unpaired) electrons. The van der Waals surface area contributed by atoms with Gasteiger partial charge >= 0.3 is 0 Å². The van der Waals surface area contributed by atoms with Gasteiger partial charge in [-0.15, -0.1) is 0 Å². The maximum Gasteiger partial charge on any atom is 0.0458 e. The Morgan fingerprint density at radius 2 is 1.94 bits per heavy atom. The molecule has 0 spiro atoms. The van der Waals surface area contributed by atoms with Crippen molar-refractivity contribution in [1.29, 1.82) is 0 Å². The molecule has 2 aromatic rings. The molecule has 1 aliphatic heterocycles. The minimum atomic E-state index is 0.639. The molecule has 0 saturated carbocycles. The minimum Gasteiger partial charge on any atom is -0.384 e. The third-order valence-electron chi connectivity index (χ3n) is 4.23. The summed E-state index contributed by atoms with van der Waals surface area (Å²) in [6, 6.07) is 8.85. The van der Waals surface area contributed by atoms with Crippen molar-refractivity contribution in [3.63, 3.8) is 0 Å². The van der Waals surface area contributed by atoms with E-state index in [2.05, 4.69) is 50.4 Å². The molecule has 0 bridgehead atoms. The zero-order chi connectivity index (χ0) is 12.7. The lowest BCUT2D eigenvalue weighted by molar-refractivity contribution is 0.838. The van der Waals surface area contributed by atoms with Crippen molar-refractivity contribution in [2.24, 2.45) is 0 Å². The van der Waals surface area contributed by atoms with Crippen LogP contribution >= 0.6 is 0 Å². The zero-order valence-corrected chi connectivity index (χ0v) is 11.5. The summed E-state index contributed by atoms with van der Waals surface area (Å²) < 4.78 is 0. The van der Waals surface area contributed by atoms with Crippen molar-refractivity contribution in [2.45, 2.75) is 39.5 Å². The molecule has 0 amide bonds. The molecule has 0 aromatic heterocycles. The maximum absolute atomic E-state index is 3.60. The average molecular weight is 239 g/mol. The van der Waals surface area contributed by atoms with E-state index in [1.807, 2.05) is 0 Å². The first-order valence-electron chi connectivity index (χ1n) is 7.02. The van der Waals surface area contributed by atoms with Gasteiger partial charge in [0.05, 0.1) is 0 Å². The maximum atomic E-state index is 3.60. The Morgan fingerprint density at radius 1 is 1.22 bits per heavy atom. The Labute approximate surface area is 109 Å². The fraction of sp³-hybridized carbons (Fsp3) is 0.412. The van der Waals surface area contributed by atoms with Crippen molar-refractivity contribution in [1.82, 2.24) is 0 Å². The first-order valence-corrected chi connectivity index (χ1v) is 7.02. The molecule has 2 aromatic carbocycles. The molecule has 1 heterocycles. The monoisotopic (exact) mass is 239 g/mol. The Morgan fingerprint density at radius 3 is 2.67 bits per heavy atom. The molecular weight excluding hydrogens is 218 g/mol. The van der Waals surface area contributed by atoms with Crippen LogP contribution in [-0.4, -0.2) is 6.54 Å². The second kappa shape index (κ2) is 4.31. The number of nitrogens with one attached hydrogen (secondary N) is 1. The first-order chi connectivity index (χ1) is 8.74. The predicted octanol–water partition coefficient (Wildman–Crippen LogP) is 4.63. The van der Waals surface area contributed by atoms with Crippen LogP contribution in [0.4, 0.5) is 5.69 Å². The number of anilines is 1. The van der Waals surface area contributed by atoms with E-state index in [9.17, 15) is 0 Å². The fourth-order valence-corrected chi connectivity index (χ4v) is 3.40. The molecule has 1 heteroatoms. The molecule has 1 atom stereocenters. The number of rotatable bonds is 2. The van der Waals surface area contributed by atoms with Gasteiger partial charge in [0.2, 0.25) is 0 Å². The van der Waals surface area contributed by atoms with Gasteiger partial charge in [-0.2, -0.15) is 0 Å². The Balaban J connectivity index is 2.39. The van der Waals surface area contributed by atoms with Crippen LogP contribution in [0.15, 0.2) is 24.3 Å². The number of aryl methyl sites for hydroxylation is 1. The number of fused-ring (bicyclic) bond motifs is 3. The molecule has 0 saturated heterocycles. The molecular formula is C17H21N. The van der Waals surface area contributed by atoms with E-state index in [1.54, 1.807) is 11.1 Å². The molecule has 0 aliphatic carbocycles. The predicted molar refractivity (Wildman–Crippen MR) is 79.6 cm³/mol. The highest BCUT2D eigenvalue weighted by molar-refractivity contribution is 6.00. The van der Waals surface area contributed by atoms with Crippen molar-refractivity contribution in [2.75, 3.05) is 11.9 Å². The van der Waals surface area contributed by atoms with Crippen molar-refractivity contribution in [3.05, 3.63) is 41.0 Å². The van der Waals surface area contributed by atoms with Crippen LogP contribution in [-0.2, 0) is 6.42 Å². The van der Waals surface area contributed by atoms with Crippen LogP contribution < -0.4 is 5.32 Å². The van der Waals surface area contributed by atoms with Gasteiger partial charge in [-0.1, -0.05) is 44.5 Å². The van der Waals surface area contributed by atoms with Gasteiger partial charge in [-0.05, 0) is 35.4 Å². The van der Waals surface area contributed by atoms with E-state index >= 15 is 0 Å². The van der Waals surface area contributed by atoms with Crippen LogP contribution in [0.3, 0.4) is 0 Å². The van der Waals surface area contributed by atoms with Crippen molar-refractivity contribution < 1.29 is 0 Å². The summed E-state index contributed by atoms with van der Waals surface area (Å²) in [7, 11) is 0. The largest absolute Gasteiger partial charge is 0.384 e. The minimum absolute atomic E-state index is 0.639. The quantitative estimate of drug-likeness (QED) is 0.805. The second-order valence-corrected chi connectivity index (χ2v) is 5.47. The molecule has 3 rings (SSSR count). The number of hydrogen-bond acceptors (Lipinski definition) is 1. The van der Waals surface area contributed by atoms with Gasteiger partial charge in [0.25, 0.3) is 0 Å². The first kappa shape index (κ1) is 11.6. The van der Waals surface area contributed by atoms with Gasteiger partial charge in [0, 0.05) is 23.5 Å².